The Kier molecular flexibility index (Phi) is 18.2. The van der Waals surface area contributed by atoms with Crippen LogP contribution in [0, 0.1) is 5.92 Å². The zero-order chi connectivity index (χ0) is 19.5. The summed E-state index contributed by atoms with van der Waals surface area (Å²) in [4.78, 5) is 0. The van der Waals surface area contributed by atoms with E-state index < -0.39 is 0 Å². The maximum Gasteiger partial charge on any atom is 0.170 e. The van der Waals surface area contributed by atoms with Gasteiger partial charge in [-0.3, -0.25) is 0 Å². The van der Waals surface area contributed by atoms with Gasteiger partial charge in [0.2, 0.25) is 0 Å². The Morgan fingerprint density at radius 3 is 1.38 bits per heavy atom. The molecular formula is C24H50O2. The van der Waals surface area contributed by atoms with Crippen molar-refractivity contribution in [2.75, 3.05) is 14.2 Å². The lowest BCUT2D eigenvalue weighted by atomic mass is 9.84. The maximum absolute atomic E-state index is 6.06. The van der Waals surface area contributed by atoms with Crippen molar-refractivity contribution in [3.05, 3.63) is 0 Å². The molecule has 0 N–H and O–H groups in total. The fourth-order valence-corrected chi connectivity index (χ4v) is 4.20. The van der Waals surface area contributed by atoms with Gasteiger partial charge in [0, 0.05) is 26.6 Å². The standard InChI is InChI=1S/C24H50O2/c1-6-9-12-15-16-18-21-23(20-17-13-10-7-2)24(25-4,26-5)22-19-14-11-8-3/h23H,6-22H2,1-5H3. The molecule has 0 aromatic rings. The molecule has 0 aromatic carbocycles. The minimum Gasteiger partial charge on any atom is -0.353 e. The molecule has 158 valence electrons. The highest BCUT2D eigenvalue weighted by molar-refractivity contribution is 4.80. The van der Waals surface area contributed by atoms with Gasteiger partial charge < -0.3 is 9.47 Å². The Balaban J connectivity index is 4.63. The van der Waals surface area contributed by atoms with E-state index >= 15 is 0 Å². The van der Waals surface area contributed by atoms with Gasteiger partial charge >= 0.3 is 0 Å². The zero-order valence-corrected chi connectivity index (χ0v) is 18.9. The lowest BCUT2D eigenvalue weighted by Crippen LogP contribution is -2.42. The van der Waals surface area contributed by atoms with Gasteiger partial charge in [0.1, 0.15) is 0 Å². The smallest absolute Gasteiger partial charge is 0.170 e. The second-order valence-electron chi connectivity index (χ2n) is 8.13. The molecule has 2 heteroatoms. The minimum atomic E-state index is -0.358. The Morgan fingerprint density at radius 1 is 0.538 bits per heavy atom. The number of methoxy groups -OCH3 is 2. The lowest BCUT2D eigenvalue weighted by molar-refractivity contribution is -0.247. The number of hydrogen-bond acceptors (Lipinski definition) is 2. The van der Waals surface area contributed by atoms with Gasteiger partial charge in [0.15, 0.2) is 5.79 Å². The Labute approximate surface area is 165 Å². The van der Waals surface area contributed by atoms with Crippen LogP contribution in [0.3, 0.4) is 0 Å². The SMILES string of the molecule is CCCCCCCCC(CCCCCC)C(CCCCCC)(OC)OC. The van der Waals surface area contributed by atoms with Crippen LogP contribution in [0.25, 0.3) is 0 Å². The largest absolute Gasteiger partial charge is 0.353 e. The van der Waals surface area contributed by atoms with E-state index in [4.69, 9.17) is 9.47 Å². The maximum atomic E-state index is 6.06. The summed E-state index contributed by atoms with van der Waals surface area (Å²) >= 11 is 0. The van der Waals surface area contributed by atoms with Crippen molar-refractivity contribution < 1.29 is 9.47 Å². The van der Waals surface area contributed by atoms with Crippen LogP contribution in [-0.2, 0) is 9.47 Å². The van der Waals surface area contributed by atoms with Gasteiger partial charge in [-0.2, -0.15) is 0 Å². The summed E-state index contributed by atoms with van der Waals surface area (Å²) in [6.07, 6.45) is 22.2. The monoisotopic (exact) mass is 370 g/mol. The second kappa shape index (κ2) is 18.3. The molecule has 0 bridgehead atoms. The van der Waals surface area contributed by atoms with Crippen molar-refractivity contribution in [1.29, 1.82) is 0 Å². The van der Waals surface area contributed by atoms with Crippen LogP contribution >= 0.6 is 0 Å². The van der Waals surface area contributed by atoms with E-state index in [9.17, 15) is 0 Å². The molecule has 0 aliphatic rings. The van der Waals surface area contributed by atoms with E-state index in [1.54, 1.807) is 0 Å². The summed E-state index contributed by atoms with van der Waals surface area (Å²) in [5, 5.41) is 0. The van der Waals surface area contributed by atoms with Gasteiger partial charge in [-0.25, -0.2) is 0 Å². The third-order valence-corrected chi connectivity index (χ3v) is 6.00. The molecule has 0 fully saturated rings. The number of rotatable bonds is 20. The Morgan fingerprint density at radius 2 is 0.923 bits per heavy atom. The topological polar surface area (TPSA) is 18.5 Å². The van der Waals surface area contributed by atoms with Crippen LogP contribution in [0.2, 0.25) is 0 Å². The van der Waals surface area contributed by atoms with Crippen molar-refractivity contribution in [3.8, 4) is 0 Å². The van der Waals surface area contributed by atoms with Crippen molar-refractivity contribution in [2.24, 2.45) is 5.92 Å². The van der Waals surface area contributed by atoms with Gasteiger partial charge in [0.05, 0.1) is 0 Å². The number of ether oxygens (including phenoxy) is 2. The van der Waals surface area contributed by atoms with Crippen LogP contribution < -0.4 is 0 Å². The van der Waals surface area contributed by atoms with Gasteiger partial charge in [-0.15, -0.1) is 0 Å². The predicted octanol–water partition coefficient (Wildman–Crippen LogP) is 8.28. The summed E-state index contributed by atoms with van der Waals surface area (Å²) < 4.78 is 12.1. The second-order valence-corrected chi connectivity index (χ2v) is 8.13. The first-order valence-electron chi connectivity index (χ1n) is 11.8. The molecule has 1 atom stereocenters. The molecule has 0 saturated heterocycles. The first kappa shape index (κ1) is 25.9. The normalized spacial score (nSPS) is 13.3. The highest BCUT2D eigenvalue weighted by Gasteiger charge is 2.37. The molecular weight excluding hydrogens is 320 g/mol. The summed E-state index contributed by atoms with van der Waals surface area (Å²) in [5.41, 5.74) is 0. The zero-order valence-electron chi connectivity index (χ0n) is 18.9. The molecule has 0 heterocycles. The lowest BCUT2D eigenvalue weighted by Gasteiger charge is -2.39. The number of hydrogen-bond donors (Lipinski definition) is 0. The molecule has 0 aliphatic carbocycles. The van der Waals surface area contributed by atoms with E-state index in [-0.39, 0.29) is 5.79 Å². The van der Waals surface area contributed by atoms with Crippen LogP contribution in [0.15, 0.2) is 0 Å². The van der Waals surface area contributed by atoms with E-state index in [2.05, 4.69) is 20.8 Å². The van der Waals surface area contributed by atoms with Crippen LogP contribution in [0.1, 0.15) is 130 Å². The molecule has 0 radical (unpaired) electrons. The number of unbranched alkanes of at least 4 members (excludes halogenated alkanes) is 11. The van der Waals surface area contributed by atoms with E-state index in [0.29, 0.717) is 5.92 Å². The average Bonchev–Trinajstić information content (AvgIpc) is 2.67. The third-order valence-electron chi connectivity index (χ3n) is 6.00. The predicted molar refractivity (Wildman–Crippen MR) is 116 cm³/mol. The van der Waals surface area contributed by atoms with E-state index in [1.807, 2.05) is 14.2 Å². The summed E-state index contributed by atoms with van der Waals surface area (Å²) in [6.45, 7) is 6.85. The quantitative estimate of drug-likeness (QED) is 0.158. The fourth-order valence-electron chi connectivity index (χ4n) is 4.20. The minimum absolute atomic E-state index is 0.358. The third kappa shape index (κ3) is 11.6. The van der Waals surface area contributed by atoms with Gasteiger partial charge in [-0.1, -0.05) is 104 Å². The average molecular weight is 371 g/mol. The highest BCUT2D eigenvalue weighted by atomic mass is 16.7. The molecule has 0 saturated carbocycles. The molecule has 0 spiro atoms. The first-order valence-corrected chi connectivity index (χ1v) is 11.8. The summed E-state index contributed by atoms with van der Waals surface area (Å²) in [5.74, 6) is 0.186. The van der Waals surface area contributed by atoms with Gasteiger partial charge in [0.25, 0.3) is 0 Å². The molecule has 0 rings (SSSR count). The molecule has 26 heavy (non-hydrogen) atoms. The van der Waals surface area contributed by atoms with E-state index in [0.717, 1.165) is 6.42 Å². The van der Waals surface area contributed by atoms with Crippen molar-refractivity contribution in [3.63, 3.8) is 0 Å². The van der Waals surface area contributed by atoms with Crippen LogP contribution in [0.5, 0.6) is 0 Å². The van der Waals surface area contributed by atoms with Crippen molar-refractivity contribution in [1.82, 2.24) is 0 Å². The highest BCUT2D eigenvalue weighted by Crippen LogP contribution is 2.36. The summed E-state index contributed by atoms with van der Waals surface area (Å²) in [6, 6.07) is 0. The first-order chi connectivity index (χ1) is 12.7. The molecule has 1 unspecified atom stereocenters. The van der Waals surface area contributed by atoms with Crippen molar-refractivity contribution in [2.45, 2.75) is 136 Å². The molecule has 2 nitrogen and oxygen atoms in total. The van der Waals surface area contributed by atoms with Crippen molar-refractivity contribution >= 4 is 0 Å². The van der Waals surface area contributed by atoms with Gasteiger partial charge in [-0.05, 0) is 19.3 Å². The van der Waals surface area contributed by atoms with Crippen LogP contribution in [0.4, 0.5) is 0 Å². The summed E-state index contributed by atoms with van der Waals surface area (Å²) in [7, 11) is 3.73. The Hall–Kier alpha value is -0.0800. The molecule has 0 aliphatic heterocycles. The molecule has 0 amide bonds. The molecule has 0 aromatic heterocycles. The fraction of sp³-hybridized carbons (Fsp3) is 1.00. The Bertz CT molecular complexity index is 273. The van der Waals surface area contributed by atoms with Crippen LogP contribution in [-0.4, -0.2) is 20.0 Å². The van der Waals surface area contributed by atoms with E-state index in [1.165, 1.54) is 103 Å².